The van der Waals surface area contributed by atoms with Crippen LogP contribution in [0.15, 0.2) is 71.3 Å². The minimum absolute atomic E-state index is 0.261. The fraction of sp³-hybridized carbons (Fsp3) is 0.120. The number of aryl methyl sites for hydroxylation is 2. The first-order chi connectivity index (χ1) is 16.5. The quantitative estimate of drug-likeness (QED) is 0.372. The van der Waals surface area contributed by atoms with E-state index in [1.54, 1.807) is 43.7 Å². The van der Waals surface area contributed by atoms with Crippen molar-refractivity contribution < 1.29 is 14.1 Å². The lowest BCUT2D eigenvalue weighted by Gasteiger charge is -2.07. The van der Waals surface area contributed by atoms with Gasteiger partial charge in [-0.2, -0.15) is 4.98 Å². The van der Waals surface area contributed by atoms with Crippen LogP contribution >= 0.6 is 0 Å². The fourth-order valence-corrected chi connectivity index (χ4v) is 3.65. The van der Waals surface area contributed by atoms with E-state index in [9.17, 15) is 4.79 Å². The van der Waals surface area contributed by atoms with Crippen LogP contribution in [0.5, 0.6) is 5.75 Å². The lowest BCUT2D eigenvalue weighted by molar-refractivity contribution is 0.102. The molecule has 0 saturated heterocycles. The zero-order chi connectivity index (χ0) is 23.7. The number of aromatic nitrogens is 4. The van der Waals surface area contributed by atoms with Gasteiger partial charge in [-0.05, 0) is 68.4 Å². The summed E-state index contributed by atoms with van der Waals surface area (Å²) >= 11 is 0. The average Bonchev–Trinajstić information content (AvgIpc) is 3.41. The summed E-state index contributed by atoms with van der Waals surface area (Å²) < 4.78 is 12.1. The fourth-order valence-electron chi connectivity index (χ4n) is 3.65. The van der Waals surface area contributed by atoms with E-state index in [0.29, 0.717) is 40.0 Å². The number of amides is 1. The summed E-state index contributed by atoms with van der Waals surface area (Å²) in [7, 11) is 1.64. The van der Waals surface area contributed by atoms with Crippen LogP contribution in [0.2, 0.25) is 0 Å². The standard InChI is InChI=1S/C25H22N6O3/c1-15-23(16(2)34-30-15)28-24(32)18-6-4-7-19(14-18)26-25-27-22-9-5-8-21(31(22)29-25)17-10-12-20(33-3)13-11-17/h4-14H,1-3H3,(H,26,29)(H,28,32). The molecular weight excluding hydrogens is 432 g/mol. The van der Waals surface area contributed by atoms with Gasteiger partial charge in [-0.3, -0.25) is 4.79 Å². The maximum absolute atomic E-state index is 12.8. The summed E-state index contributed by atoms with van der Waals surface area (Å²) in [6, 6.07) is 20.7. The van der Waals surface area contributed by atoms with Gasteiger partial charge in [-0.15, -0.1) is 5.10 Å². The van der Waals surface area contributed by atoms with Crippen molar-refractivity contribution >= 4 is 28.9 Å². The molecule has 0 unspecified atom stereocenters. The van der Waals surface area contributed by atoms with E-state index in [-0.39, 0.29) is 5.91 Å². The van der Waals surface area contributed by atoms with Gasteiger partial charge in [0.15, 0.2) is 11.4 Å². The number of fused-ring (bicyclic) bond motifs is 1. The molecule has 0 fully saturated rings. The third-order valence-electron chi connectivity index (χ3n) is 5.40. The van der Waals surface area contributed by atoms with Gasteiger partial charge in [-0.25, -0.2) is 4.52 Å². The SMILES string of the molecule is COc1ccc(-c2cccc3nc(Nc4cccc(C(=O)Nc5c(C)noc5C)c4)nn23)cc1. The van der Waals surface area contributed by atoms with Gasteiger partial charge in [0.25, 0.3) is 5.91 Å². The van der Waals surface area contributed by atoms with Crippen molar-refractivity contribution in [3.05, 3.63) is 83.7 Å². The maximum Gasteiger partial charge on any atom is 0.255 e. The Morgan fingerprint density at radius 2 is 1.82 bits per heavy atom. The Hall–Kier alpha value is -4.66. The number of anilines is 3. The predicted molar refractivity (Wildman–Crippen MR) is 129 cm³/mol. The number of carbonyl (C=O) groups excluding carboxylic acids is 1. The molecule has 0 aliphatic carbocycles. The van der Waals surface area contributed by atoms with Gasteiger partial charge in [0.05, 0.1) is 12.8 Å². The van der Waals surface area contributed by atoms with E-state index in [1.165, 1.54) is 0 Å². The third-order valence-corrected chi connectivity index (χ3v) is 5.40. The second kappa shape index (κ2) is 8.70. The summed E-state index contributed by atoms with van der Waals surface area (Å²) in [5.74, 6) is 1.50. The second-order valence-electron chi connectivity index (χ2n) is 7.70. The lowest BCUT2D eigenvalue weighted by atomic mass is 10.1. The number of methoxy groups -OCH3 is 1. The Balaban J connectivity index is 1.40. The first-order valence-electron chi connectivity index (χ1n) is 10.6. The molecule has 2 aromatic carbocycles. The molecule has 34 heavy (non-hydrogen) atoms. The van der Waals surface area contributed by atoms with Gasteiger partial charge in [-0.1, -0.05) is 17.3 Å². The first kappa shape index (κ1) is 21.2. The van der Waals surface area contributed by atoms with Gasteiger partial charge >= 0.3 is 0 Å². The summed E-state index contributed by atoms with van der Waals surface area (Å²) in [6.07, 6.45) is 0. The van der Waals surface area contributed by atoms with Crippen LogP contribution in [0.3, 0.4) is 0 Å². The van der Waals surface area contributed by atoms with Gasteiger partial charge < -0.3 is 19.9 Å². The molecule has 5 aromatic rings. The van der Waals surface area contributed by atoms with Crippen LogP contribution in [-0.2, 0) is 0 Å². The van der Waals surface area contributed by atoms with Crippen LogP contribution in [0.25, 0.3) is 16.9 Å². The number of carbonyl (C=O) groups is 1. The van der Waals surface area contributed by atoms with E-state index in [1.807, 2.05) is 48.5 Å². The molecule has 1 amide bonds. The Morgan fingerprint density at radius 1 is 1.03 bits per heavy atom. The molecule has 9 nitrogen and oxygen atoms in total. The molecule has 0 bridgehead atoms. The van der Waals surface area contributed by atoms with Gasteiger partial charge in [0.1, 0.15) is 17.1 Å². The Morgan fingerprint density at radius 3 is 2.56 bits per heavy atom. The highest BCUT2D eigenvalue weighted by atomic mass is 16.5. The minimum atomic E-state index is -0.261. The molecule has 0 saturated carbocycles. The molecule has 0 aliphatic heterocycles. The summed E-state index contributed by atoms with van der Waals surface area (Å²) in [6.45, 7) is 3.53. The summed E-state index contributed by atoms with van der Waals surface area (Å²) in [5.41, 5.74) is 4.95. The number of nitrogens with one attached hydrogen (secondary N) is 2. The number of ether oxygens (including phenoxy) is 1. The second-order valence-corrected chi connectivity index (χ2v) is 7.70. The topological polar surface area (TPSA) is 107 Å². The average molecular weight is 454 g/mol. The summed E-state index contributed by atoms with van der Waals surface area (Å²) in [4.78, 5) is 17.3. The Kier molecular flexibility index (Phi) is 5.43. The number of hydrogen-bond donors (Lipinski definition) is 2. The maximum atomic E-state index is 12.8. The molecule has 0 radical (unpaired) electrons. The molecule has 0 spiro atoms. The molecule has 5 rings (SSSR count). The molecule has 2 N–H and O–H groups in total. The zero-order valence-corrected chi connectivity index (χ0v) is 18.9. The highest BCUT2D eigenvalue weighted by Crippen LogP contribution is 2.25. The normalized spacial score (nSPS) is 10.9. The summed E-state index contributed by atoms with van der Waals surface area (Å²) in [5, 5.41) is 14.5. The van der Waals surface area contributed by atoms with E-state index in [2.05, 4.69) is 25.9 Å². The smallest absolute Gasteiger partial charge is 0.255 e. The Labute approximate surface area is 195 Å². The number of pyridine rings is 1. The van der Waals surface area contributed by atoms with Crippen molar-refractivity contribution in [1.82, 2.24) is 19.8 Å². The molecule has 9 heteroatoms. The van der Waals surface area contributed by atoms with Gasteiger partial charge in [0.2, 0.25) is 5.95 Å². The molecule has 0 aliphatic rings. The molecule has 3 heterocycles. The van der Waals surface area contributed by atoms with Crippen molar-refractivity contribution in [3.63, 3.8) is 0 Å². The minimum Gasteiger partial charge on any atom is -0.497 e. The third kappa shape index (κ3) is 4.06. The van der Waals surface area contributed by atoms with Crippen molar-refractivity contribution in [2.24, 2.45) is 0 Å². The first-order valence-corrected chi connectivity index (χ1v) is 10.6. The monoisotopic (exact) mass is 454 g/mol. The van der Waals surface area contributed by atoms with Crippen LogP contribution in [-0.4, -0.2) is 32.8 Å². The molecule has 170 valence electrons. The van der Waals surface area contributed by atoms with Crippen LogP contribution in [0.1, 0.15) is 21.8 Å². The molecule has 3 aromatic heterocycles. The number of rotatable bonds is 6. The highest BCUT2D eigenvalue weighted by molar-refractivity contribution is 6.05. The van der Waals surface area contributed by atoms with Crippen molar-refractivity contribution in [2.45, 2.75) is 13.8 Å². The van der Waals surface area contributed by atoms with Crippen molar-refractivity contribution in [1.29, 1.82) is 0 Å². The number of hydrogen-bond acceptors (Lipinski definition) is 7. The van der Waals surface area contributed by atoms with Crippen molar-refractivity contribution in [2.75, 3.05) is 17.7 Å². The van der Waals surface area contributed by atoms with Crippen LogP contribution in [0.4, 0.5) is 17.3 Å². The lowest BCUT2D eigenvalue weighted by Crippen LogP contribution is -2.13. The largest absolute Gasteiger partial charge is 0.497 e. The van der Waals surface area contributed by atoms with E-state index >= 15 is 0 Å². The van der Waals surface area contributed by atoms with E-state index < -0.39 is 0 Å². The van der Waals surface area contributed by atoms with E-state index in [0.717, 1.165) is 17.0 Å². The van der Waals surface area contributed by atoms with Crippen molar-refractivity contribution in [3.8, 4) is 17.0 Å². The van der Waals surface area contributed by atoms with Crippen LogP contribution < -0.4 is 15.4 Å². The number of benzene rings is 2. The van der Waals surface area contributed by atoms with E-state index in [4.69, 9.17) is 9.26 Å². The van der Waals surface area contributed by atoms with Gasteiger partial charge in [0, 0.05) is 16.8 Å². The number of nitrogens with zero attached hydrogens (tertiary/aromatic N) is 4. The zero-order valence-electron chi connectivity index (χ0n) is 18.9. The molecule has 0 atom stereocenters. The van der Waals surface area contributed by atoms with Crippen LogP contribution in [0, 0.1) is 13.8 Å². The predicted octanol–water partition coefficient (Wildman–Crippen LogP) is 5.01. The molecular formula is C25H22N6O3. The Bertz CT molecular complexity index is 1470. The highest BCUT2D eigenvalue weighted by Gasteiger charge is 2.15.